The van der Waals surface area contributed by atoms with E-state index >= 15 is 0 Å². The molecule has 1 spiro atoms. The zero-order chi connectivity index (χ0) is 18.6. The minimum Gasteiger partial charge on any atom is -0.353 e. The van der Waals surface area contributed by atoms with Gasteiger partial charge in [-0.25, -0.2) is 0 Å². The highest BCUT2D eigenvalue weighted by Crippen LogP contribution is 2.70. The molecule has 3 heterocycles. The molecule has 1 atom stereocenters. The topological polar surface area (TPSA) is 3.24 Å². The van der Waals surface area contributed by atoms with E-state index in [-0.39, 0.29) is 5.54 Å². The van der Waals surface area contributed by atoms with Crippen LogP contribution in [-0.2, 0) is 5.54 Å². The minimum absolute atomic E-state index is 0.262. The molecular formula is C25H27NS2. The molecule has 3 aromatic rings. The summed E-state index contributed by atoms with van der Waals surface area (Å²) in [5.74, 6) is 3.71. The van der Waals surface area contributed by atoms with Crippen molar-refractivity contribution in [2.75, 3.05) is 4.90 Å². The van der Waals surface area contributed by atoms with E-state index in [0.29, 0.717) is 6.04 Å². The van der Waals surface area contributed by atoms with Crippen LogP contribution >= 0.6 is 22.7 Å². The van der Waals surface area contributed by atoms with E-state index in [1.54, 1.807) is 19.8 Å². The number of rotatable bonds is 1. The lowest BCUT2D eigenvalue weighted by Crippen LogP contribution is -2.62. The van der Waals surface area contributed by atoms with Crippen LogP contribution in [0.15, 0.2) is 35.7 Å². The third kappa shape index (κ3) is 1.80. The van der Waals surface area contributed by atoms with Crippen LogP contribution in [-0.4, -0.2) is 0 Å². The predicted molar refractivity (Wildman–Crippen MR) is 120 cm³/mol. The Hall–Kier alpha value is -1.32. The quantitative estimate of drug-likeness (QED) is 0.405. The van der Waals surface area contributed by atoms with Crippen LogP contribution in [0.5, 0.6) is 0 Å². The summed E-state index contributed by atoms with van der Waals surface area (Å²) in [6.07, 6.45) is 7.38. The summed E-state index contributed by atoms with van der Waals surface area (Å²) in [6, 6.07) is 12.0. The molecule has 1 aromatic carbocycles. The van der Waals surface area contributed by atoms with E-state index in [0.717, 1.165) is 23.7 Å². The van der Waals surface area contributed by atoms with Crippen molar-refractivity contribution in [3.05, 3.63) is 51.7 Å². The van der Waals surface area contributed by atoms with E-state index < -0.39 is 0 Å². The fourth-order valence-electron chi connectivity index (χ4n) is 7.99. The highest BCUT2D eigenvalue weighted by atomic mass is 32.1. The van der Waals surface area contributed by atoms with E-state index in [9.17, 15) is 0 Å². The molecule has 3 heteroatoms. The molecule has 1 aliphatic heterocycles. The van der Waals surface area contributed by atoms with Crippen molar-refractivity contribution in [1.82, 2.24) is 0 Å². The number of thiophene rings is 2. The van der Waals surface area contributed by atoms with Crippen molar-refractivity contribution in [2.24, 2.45) is 23.7 Å². The molecule has 28 heavy (non-hydrogen) atoms. The van der Waals surface area contributed by atoms with E-state index in [1.165, 1.54) is 43.4 Å². The summed E-state index contributed by atoms with van der Waals surface area (Å²) in [5.41, 5.74) is 4.89. The van der Waals surface area contributed by atoms with Crippen LogP contribution in [0.3, 0.4) is 0 Å². The first kappa shape index (κ1) is 16.5. The first-order valence-corrected chi connectivity index (χ1v) is 12.7. The highest BCUT2D eigenvalue weighted by molar-refractivity contribution is 7.27. The second kappa shape index (κ2) is 5.43. The summed E-state index contributed by atoms with van der Waals surface area (Å²) in [7, 11) is 0. The Morgan fingerprint density at radius 2 is 1.68 bits per heavy atom. The van der Waals surface area contributed by atoms with Gasteiger partial charge in [0.2, 0.25) is 0 Å². The van der Waals surface area contributed by atoms with Crippen molar-refractivity contribution in [3.63, 3.8) is 0 Å². The first-order valence-electron chi connectivity index (χ1n) is 11.0. The summed E-state index contributed by atoms with van der Waals surface area (Å²) in [6.45, 7) is 4.82. The number of fused-ring (bicyclic) bond motifs is 3. The largest absolute Gasteiger partial charge is 0.353 e. The molecule has 4 aliphatic carbocycles. The fraction of sp³-hybridized carbons (Fsp3) is 0.520. The smallest absolute Gasteiger partial charge is 0.0812 e. The lowest BCUT2D eigenvalue weighted by Gasteiger charge is -2.63. The van der Waals surface area contributed by atoms with Gasteiger partial charge in [-0.3, -0.25) is 0 Å². The van der Waals surface area contributed by atoms with E-state index in [2.05, 4.69) is 65.8 Å². The van der Waals surface area contributed by atoms with Crippen LogP contribution in [0.4, 0.5) is 5.69 Å². The maximum Gasteiger partial charge on any atom is 0.0812 e. The van der Waals surface area contributed by atoms with Gasteiger partial charge in [-0.2, -0.15) is 0 Å². The molecule has 4 bridgehead atoms. The molecule has 8 rings (SSSR count). The first-order chi connectivity index (χ1) is 13.7. The Bertz CT molecular complexity index is 1060. The van der Waals surface area contributed by atoms with Crippen LogP contribution < -0.4 is 4.90 Å². The van der Waals surface area contributed by atoms with Crippen LogP contribution in [0.1, 0.15) is 61.1 Å². The number of aryl methyl sites for hydroxylation is 1. The summed E-state index contributed by atoms with van der Waals surface area (Å²) in [5, 5.41) is 2.30. The van der Waals surface area contributed by atoms with E-state index in [4.69, 9.17) is 0 Å². The minimum atomic E-state index is 0.262. The van der Waals surface area contributed by atoms with Crippen molar-refractivity contribution in [1.29, 1.82) is 0 Å². The third-order valence-electron chi connectivity index (χ3n) is 8.66. The molecule has 144 valence electrons. The molecule has 0 N–H and O–H groups in total. The van der Waals surface area contributed by atoms with Gasteiger partial charge in [0.15, 0.2) is 0 Å². The van der Waals surface area contributed by atoms with Gasteiger partial charge in [-0.15, -0.1) is 22.7 Å². The Morgan fingerprint density at radius 1 is 0.964 bits per heavy atom. The number of anilines is 1. The molecule has 4 saturated carbocycles. The Kier molecular flexibility index (Phi) is 3.19. The lowest BCUT2D eigenvalue weighted by atomic mass is 9.48. The average Bonchev–Trinajstić information content (AvgIpc) is 3.31. The second-order valence-corrected chi connectivity index (χ2v) is 11.9. The van der Waals surface area contributed by atoms with Gasteiger partial charge in [-0.1, -0.05) is 18.2 Å². The molecule has 0 amide bonds. The molecule has 1 nitrogen and oxygen atoms in total. The average molecular weight is 406 g/mol. The van der Waals surface area contributed by atoms with Crippen LogP contribution in [0, 0.1) is 30.6 Å². The molecule has 0 saturated heterocycles. The lowest BCUT2D eigenvalue weighted by molar-refractivity contribution is -0.0588. The van der Waals surface area contributed by atoms with Crippen molar-refractivity contribution < 1.29 is 0 Å². The number of para-hydroxylation sites is 1. The SMILES string of the molecule is Cc1ccccc1N1[C@@H](C)c2c(sc3ccsc23)C12C1CC3CC(C1)CC2C3. The fourth-order valence-corrected chi connectivity index (χ4v) is 10.9. The zero-order valence-corrected chi connectivity index (χ0v) is 18.3. The van der Waals surface area contributed by atoms with Gasteiger partial charge in [0, 0.05) is 20.8 Å². The van der Waals surface area contributed by atoms with Gasteiger partial charge in [-0.05, 0) is 92.7 Å². The number of benzene rings is 1. The highest BCUT2D eigenvalue weighted by Gasteiger charge is 2.65. The molecular weight excluding hydrogens is 378 g/mol. The Labute approximate surface area is 175 Å². The summed E-state index contributed by atoms with van der Waals surface area (Å²) < 4.78 is 3.12. The number of hydrogen-bond acceptors (Lipinski definition) is 3. The monoisotopic (exact) mass is 405 g/mol. The number of hydrogen-bond donors (Lipinski definition) is 0. The van der Waals surface area contributed by atoms with E-state index in [1.807, 2.05) is 11.3 Å². The number of nitrogens with zero attached hydrogens (tertiary/aromatic N) is 1. The van der Waals surface area contributed by atoms with Crippen molar-refractivity contribution in [3.8, 4) is 0 Å². The zero-order valence-electron chi connectivity index (χ0n) is 16.7. The van der Waals surface area contributed by atoms with Crippen LogP contribution in [0.25, 0.3) is 9.40 Å². The van der Waals surface area contributed by atoms with Gasteiger partial charge in [0.25, 0.3) is 0 Å². The van der Waals surface area contributed by atoms with Crippen molar-refractivity contribution in [2.45, 2.75) is 57.5 Å². The van der Waals surface area contributed by atoms with Crippen molar-refractivity contribution >= 4 is 37.8 Å². The Balaban J connectivity index is 1.54. The third-order valence-corrected chi connectivity index (χ3v) is 11.0. The molecule has 5 aliphatic rings. The second-order valence-electron chi connectivity index (χ2n) is 9.92. The summed E-state index contributed by atoms with van der Waals surface area (Å²) >= 11 is 4.12. The van der Waals surface area contributed by atoms with Gasteiger partial charge in [0.05, 0.1) is 16.3 Å². The molecule has 0 unspecified atom stereocenters. The molecule has 0 radical (unpaired) electrons. The molecule has 2 aromatic heterocycles. The maximum atomic E-state index is 2.94. The maximum absolute atomic E-state index is 2.94. The standard InChI is InChI=1S/C25H27NS2/c1-14-5-3-4-6-20(14)26-15(2)22-23-21(7-8-27-23)28-24(22)25(26)18-10-16-9-17(12-18)13-19(25)11-16/h3-8,15-19H,9-13H2,1-2H3/t15-,16?,17?,18?,19?,25?/m0/s1. The van der Waals surface area contributed by atoms with Crippen LogP contribution in [0.2, 0.25) is 0 Å². The Morgan fingerprint density at radius 3 is 2.39 bits per heavy atom. The predicted octanol–water partition coefficient (Wildman–Crippen LogP) is 7.50. The van der Waals surface area contributed by atoms with Gasteiger partial charge < -0.3 is 4.90 Å². The normalized spacial score (nSPS) is 38.1. The van der Waals surface area contributed by atoms with Gasteiger partial charge >= 0.3 is 0 Å². The molecule has 4 fully saturated rings. The van der Waals surface area contributed by atoms with Gasteiger partial charge in [0.1, 0.15) is 0 Å². The summed E-state index contributed by atoms with van der Waals surface area (Å²) in [4.78, 5) is 4.70.